The van der Waals surface area contributed by atoms with Crippen LogP contribution >= 0.6 is 34.8 Å². The molecular formula is C26H19Cl3FN3O4. The first-order valence-electron chi connectivity index (χ1n) is 10.7. The summed E-state index contributed by atoms with van der Waals surface area (Å²) in [6, 6.07) is 14.5. The van der Waals surface area contributed by atoms with E-state index in [0.717, 1.165) is 0 Å². The number of nitriles is 1. The molecule has 3 aromatic rings. The maximum absolute atomic E-state index is 13.1. The Morgan fingerprint density at radius 1 is 0.946 bits per heavy atom. The van der Waals surface area contributed by atoms with Crippen molar-refractivity contribution in [3.8, 4) is 17.6 Å². The Hall–Kier alpha value is -3.77. The highest BCUT2D eigenvalue weighted by Gasteiger charge is 2.16. The standard InChI is InChI=1S/C26H19Cl3FN3O4/c1-2-36-23-11-15(9-16(13-31)26(35)33-18-5-3-17(30)4-6-18)10-22(29)25(23)37-14-24(34)32-19-7-8-20(27)21(28)12-19/h3-12H,2,14H2,1H3,(H,32,34)(H,33,35)/b16-9+. The minimum atomic E-state index is -0.692. The van der Waals surface area contributed by atoms with E-state index in [1.165, 1.54) is 48.5 Å². The molecule has 0 heterocycles. The van der Waals surface area contributed by atoms with Crippen molar-refractivity contribution >= 4 is 64.1 Å². The lowest BCUT2D eigenvalue weighted by Crippen LogP contribution is -2.20. The van der Waals surface area contributed by atoms with Gasteiger partial charge in [0, 0.05) is 11.4 Å². The molecule has 0 saturated carbocycles. The van der Waals surface area contributed by atoms with Gasteiger partial charge < -0.3 is 20.1 Å². The maximum Gasteiger partial charge on any atom is 0.266 e. The van der Waals surface area contributed by atoms with Gasteiger partial charge in [0.25, 0.3) is 11.8 Å². The molecule has 0 aliphatic rings. The zero-order chi connectivity index (χ0) is 26.9. The van der Waals surface area contributed by atoms with Crippen molar-refractivity contribution in [3.05, 3.63) is 86.6 Å². The fourth-order valence-electron chi connectivity index (χ4n) is 3.03. The number of carbonyl (C=O) groups excluding carboxylic acids is 2. The highest BCUT2D eigenvalue weighted by molar-refractivity contribution is 6.42. The molecule has 7 nitrogen and oxygen atoms in total. The zero-order valence-electron chi connectivity index (χ0n) is 19.3. The van der Waals surface area contributed by atoms with E-state index in [4.69, 9.17) is 44.3 Å². The average Bonchev–Trinajstić information content (AvgIpc) is 2.85. The molecule has 190 valence electrons. The molecule has 3 rings (SSSR count). The smallest absolute Gasteiger partial charge is 0.266 e. The number of carbonyl (C=O) groups is 2. The van der Waals surface area contributed by atoms with Gasteiger partial charge in [-0.15, -0.1) is 0 Å². The van der Waals surface area contributed by atoms with Gasteiger partial charge >= 0.3 is 0 Å². The first-order chi connectivity index (χ1) is 17.7. The number of benzene rings is 3. The molecule has 0 aliphatic carbocycles. The van der Waals surface area contributed by atoms with Gasteiger partial charge in [-0.3, -0.25) is 9.59 Å². The van der Waals surface area contributed by atoms with Crippen LogP contribution in [0.5, 0.6) is 11.5 Å². The van der Waals surface area contributed by atoms with Gasteiger partial charge in [-0.05, 0) is 73.2 Å². The van der Waals surface area contributed by atoms with Crippen molar-refractivity contribution < 1.29 is 23.5 Å². The van der Waals surface area contributed by atoms with Crippen LogP contribution < -0.4 is 20.1 Å². The molecule has 0 saturated heterocycles. The number of anilines is 2. The van der Waals surface area contributed by atoms with Crippen LogP contribution in [0.2, 0.25) is 15.1 Å². The van der Waals surface area contributed by atoms with Crippen LogP contribution in [0.15, 0.2) is 60.2 Å². The minimum Gasteiger partial charge on any atom is -0.490 e. The molecule has 2 amide bonds. The highest BCUT2D eigenvalue weighted by Crippen LogP contribution is 2.37. The van der Waals surface area contributed by atoms with E-state index in [2.05, 4.69) is 10.6 Å². The Morgan fingerprint density at radius 3 is 2.30 bits per heavy atom. The summed E-state index contributed by atoms with van der Waals surface area (Å²) in [5, 5.41) is 15.4. The number of nitrogens with zero attached hydrogens (tertiary/aromatic N) is 1. The molecule has 37 heavy (non-hydrogen) atoms. The van der Waals surface area contributed by atoms with Crippen molar-refractivity contribution in [3.63, 3.8) is 0 Å². The normalized spacial score (nSPS) is 10.9. The van der Waals surface area contributed by atoms with E-state index >= 15 is 0 Å². The van der Waals surface area contributed by atoms with Gasteiger partial charge in [-0.25, -0.2) is 4.39 Å². The zero-order valence-corrected chi connectivity index (χ0v) is 21.5. The first kappa shape index (κ1) is 27.8. The van der Waals surface area contributed by atoms with Crippen LogP contribution in [-0.4, -0.2) is 25.0 Å². The van der Waals surface area contributed by atoms with Crippen molar-refractivity contribution in [2.24, 2.45) is 0 Å². The molecule has 2 N–H and O–H groups in total. The van der Waals surface area contributed by atoms with E-state index in [1.54, 1.807) is 19.1 Å². The number of ether oxygens (including phenoxy) is 2. The van der Waals surface area contributed by atoms with Gasteiger partial charge in [0.2, 0.25) is 0 Å². The molecule has 0 spiro atoms. The first-order valence-corrected chi connectivity index (χ1v) is 11.9. The van der Waals surface area contributed by atoms with E-state index in [1.807, 2.05) is 6.07 Å². The summed E-state index contributed by atoms with van der Waals surface area (Å²) in [5.74, 6) is -1.31. The van der Waals surface area contributed by atoms with Crippen LogP contribution in [0, 0.1) is 17.1 Å². The number of rotatable bonds is 9. The van der Waals surface area contributed by atoms with Gasteiger partial charge in [0.05, 0.1) is 21.7 Å². The molecule has 0 bridgehead atoms. The Kier molecular flexibility index (Phi) is 9.75. The second-order valence-electron chi connectivity index (χ2n) is 7.36. The number of halogens is 4. The second kappa shape index (κ2) is 13.0. The van der Waals surface area contributed by atoms with Crippen LogP contribution in [0.3, 0.4) is 0 Å². The lowest BCUT2D eigenvalue weighted by Gasteiger charge is -2.15. The molecule has 0 unspecified atom stereocenters. The largest absolute Gasteiger partial charge is 0.490 e. The van der Waals surface area contributed by atoms with Gasteiger partial charge in [-0.1, -0.05) is 34.8 Å². The SMILES string of the molecule is CCOc1cc(/C=C(\C#N)C(=O)Nc2ccc(F)cc2)cc(Cl)c1OCC(=O)Nc1ccc(Cl)c(Cl)c1. The molecular weight excluding hydrogens is 544 g/mol. The lowest BCUT2D eigenvalue weighted by molar-refractivity contribution is -0.118. The summed E-state index contributed by atoms with van der Waals surface area (Å²) >= 11 is 18.2. The summed E-state index contributed by atoms with van der Waals surface area (Å²) in [4.78, 5) is 24.9. The lowest BCUT2D eigenvalue weighted by atomic mass is 10.1. The number of hydrogen-bond donors (Lipinski definition) is 2. The summed E-state index contributed by atoms with van der Waals surface area (Å²) in [5.41, 5.74) is 0.912. The molecule has 0 radical (unpaired) electrons. The summed E-state index contributed by atoms with van der Waals surface area (Å²) in [7, 11) is 0. The molecule has 0 aliphatic heterocycles. The van der Waals surface area contributed by atoms with Crippen LogP contribution in [0.4, 0.5) is 15.8 Å². The van der Waals surface area contributed by atoms with E-state index in [-0.39, 0.29) is 33.7 Å². The van der Waals surface area contributed by atoms with Gasteiger partial charge in [0.1, 0.15) is 17.5 Å². The monoisotopic (exact) mass is 561 g/mol. The molecule has 0 aromatic heterocycles. The Morgan fingerprint density at radius 2 is 1.65 bits per heavy atom. The molecule has 0 atom stereocenters. The summed E-state index contributed by atoms with van der Waals surface area (Å²) < 4.78 is 24.3. The van der Waals surface area contributed by atoms with Crippen molar-refractivity contribution in [2.45, 2.75) is 6.92 Å². The second-order valence-corrected chi connectivity index (χ2v) is 8.58. The summed E-state index contributed by atoms with van der Waals surface area (Å²) in [6.45, 7) is 1.61. The topological polar surface area (TPSA) is 100 Å². The molecule has 11 heteroatoms. The van der Waals surface area contributed by atoms with Crippen molar-refractivity contribution in [1.29, 1.82) is 5.26 Å². The number of amides is 2. The average molecular weight is 563 g/mol. The third-order valence-electron chi connectivity index (χ3n) is 4.66. The minimum absolute atomic E-state index is 0.0933. The molecule has 0 fully saturated rings. The van der Waals surface area contributed by atoms with Crippen molar-refractivity contribution in [1.82, 2.24) is 0 Å². The van der Waals surface area contributed by atoms with E-state index in [9.17, 15) is 19.2 Å². The van der Waals surface area contributed by atoms with Gasteiger partial charge in [-0.2, -0.15) is 5.26 Å². The predicted molar refractivity (Wildman–Crippen MR) is 142 cm³/mol. The van der Waals surface area contributed by atoms with Gasteiger partial charge in [0.15, 0.2) is 18.1 Å². The number of hydrogen-bond acceptors (Lipinski definition) is 5. The van der Waals surface area contributed by atoms with E-state index < -0.39 is 24.2 Å². The molecule has 3 aromatic carbocycles. The fraction of sp³-hybridized carbons (Fsp3) is 0.115. The fourth-order valence-corrected chi connectivity index (χ4v) is 3.60. The maximum atomic E-state index is 13.1. The summed E-state index contributed by atoms with van der Waals surface area (Å²) in [6.07, 6.45) is 1.31. The van der Waals surface area contributed by atoms with E-state index in [0.29, 0.717) is 22.0 Å². The van der Waals surface area contributed by atoms with Crippen LogP contribution in [0.1, 0.15) is 12.5 Å². The number of nitrogens with one attached hydrogen (secondary N) is 2. The Balaban J connectivity index is 1.76. The predicted octanol–water partition coefficient (Wildman–Crippen LogP) is 6.75. The quantitative estimate of drug-likeness (QED) is 0.222. The van der Waals surface area contributed by atoms with Crippen LogP contribution in [0.25, 0.3) is 6.08 Å². The Bertz CT molecular complexity index is 1390. The third kappa shape index (κ3) is 7.86. The van der Waals surface area contributed by atoms with Crippen LogP contribution in [-0.2, 0) is 9.59 Å². The van der Waals surface area contributed by atoms with Crippen molar-refractivity contribution in [2.75, 3.05) is 23.8 Å². The highest BCUT2D eigenvalue weighted by atomic mass is 35.5. The Labute approximate surface area is 227 Å². The third-order valence-corrected chi connectivity index (χ3v) is 5.68.